The van der Waals surface area contributed by atoms with Gasteiger partial charge >= 0.3 is 5.97 Å². The number of hydrogen-bond donors (Lipinski definition) is 0. The Morgan fingerprint density at radius 2 is 2.15 bits per heavy atom. The third-order valence-electron chi connectivity index (χ3n) is 2.23. The summed E-state index contributed by atoms with van der Waals surface area (Å²) in [6.45, 7) is 7.28. The minimum absolute atomic E-state index is 0.128. The zero-order chi connectivity index (χ0) is 14.8. The summed E-state index contributed by atoms with van der Waals surface area (Å²) >= 11 is 1.15. The fourth-order valence-electron chi connectivity index (χ4n) is 1.48. The van der Waals surface area contributed by atoms with Gasteiger partial charge in [-0.15, -0.1) is 10.2 Å². The third kappa shape index (κ3) is 3.86. The van der Waals surface area contributed by atoms with Crippen LogP contribution < -0.4 is 0 Å². The summed E-state index contributed by atoms with van der Waals surface area (Å²) in [7, 11) is 0. The molecule has 0 bridgehead atoms. The van der Waals surface area contributed by atoms with Crippen molar-refractivity contribution in [1.29, 1.82) is 0 Å². The first-order valence-corrected chi connectivity index (χ1v) is 7.06. The molecule has 20 heavy (non-hydrogen) atoms. The van der Waals surface area contributed by atoms with Crippen LogP contribution in [0.3, 0.4) is 0 Å². The van der Waals surface area contributed by atoms with Crippen LogP contribution in [0.15, 0.2) is 26.4 Å². The van der Waals surface area contributed by atoms with E-state index in [4.69, 9.17) is 13.6 Å². The normalized spacial score (nSPS) is 11.6. The first-order chi connectivity index (χ1) is 9.35. The molecular weight excluding hydrogens is 280 g/mol. The van der Waals surface area contributed by atoms with E-state index in [1.54, 1.807) is 12.3 Å². The van der Waals surface area contributed by atoms with Gasteiger partial charge in [0.05, 0.1) is 11.8 Å². The summed E-state index contributed by atoms with van der Waals surface area (Å²) in [5.41, 5.74) is 0.257. The number of aryl methyl sites for hydroxylation is 1. The lowest BCUT2D eigenvalue weighted by atomic mass is 10.2. The molecule has 108 valence electrons. The van der Waals surface area contributed by atoms with Gasteiger partial charge in [0.2, 0.25) is 0 Å². The minimum atomic E-state index is -0.494. The molecule has 0 radical (unpaired) electrons. The van der Waals surface area contributed by atoms with Crippen molar-refractivity contribution < 1.29 is 18.4 Å². The standard InChI is InChI=1S/C13H16N2O4S/c1-8-9(5-6-17-8)11-14-15-12(18-11)20-7-10(16)19-13(2,3)4/h5-6H,7H2,1-4H3. The highest BCUT2D eigenvalue weighted by atomic mass is 32.2. The molecule has 0 N–H and O–H groups in total. The monoisotopic (exact) mass is 296 g/mol. The second-order valence-electron chi connectivity index (χ2n) is 5.14. The van der Waals surface area contributed by atoms with Crippen molar-refractivity contribution in [2.45, 2.75) is 38.5 Å². The molecule has 2 rings (SSSR count). The largest absolute Gasteiger partial charge is 0.469 e. The van der Waals surface area contributed by atoms with E-state index in [2.05, 4.69) is 10.2 Å². The van der Waals surface area contributed by atoms with Gasteiger partial charge in [-0.05, 0) is 33.8 Å². The molecule has 2 aromatic heterocycles. The molecule has 0 saturated carbocycles. The summed E-state index contributed by atoms with van der Waals surface area (Å²) in [6.07, 6.45) is 1.56. The predicted molar refractivity (Wildman–Crippen MR) is 73.3 cm³/mol. The topological polar surface area (TPSA) is 78.4 Å². The Bertz CT molecular complexity index is 598. The summed E-state index contributed by atoms with van der Waals surface area (Å²) in [4.78, 5) is 11.6. The number of furan rings is 1. The van der Waals surface area contributed by atoms with Gasteiger partial charge in [0.25, 0.3) is 11.1 Å². The Balaban J connectivity index is 1.94. The predicted octanol–water partition coefficient (Wildman–Crippen LogP) is 3.07. The second kappa shape index (κ2) is 5.70. The van der Waals surface area contributed by atoms with Crippen LogP contribution in [0.1, 0.15) is 26.5 Å². The molecule has 6 nitrogen and oxygen atoms in total. The van der Waals surface area contributed by atoms with E-state index in [-0.39, 0.29) is 11.7 Å². The van der Waals surface area contributed by atoms with Crippen LogP contribution in [0.4, 0.5) is 0 Å². The number of thioether (sulfide) groups is 1. The average molecular weight is 296 g/mol. The fourth-order valence-corrected chi connectivity index (χ4v) is 2.01. The number of aromatic nitrogens is 2. The van der Waals surface area contributed by atoms with E-state index < -0.39 is 5.60 Å². The summed E-state index contributed by atoms with van der Waals surface area (Å²) in [5.74, 6) is 0.894. The molecule has 0 aliphatic heterocycles. The van der Waals surface area contributed by atoms with Crippen LogP contribution in [0.2, 0.25) is 0 Å². The minimum Gasteiger partial charge on any atom is -0.469 e. The Kier molecular flexibility index (Phi) is 4.17. The van der Waals surface area contributed by atoms with E-state index in [1.165, 1.54) is 0 Å². The van der Waals surface area contributed by atoms with Crippen molar-refractivity contribution in [2.75, 3.05) is 5.75 Å². The molecule has 0 unspecified atom stereocenters. The van der Waals surface area contributed by atoms with Crippen LogP contribution in [-0.2, 0) is 9.53 Å². The molecule has 0 aliphatic rings. The summed E-state index contributed by atoms with van der Waals surface area (Å²) < 4.78 is 15.8. The van der Waals surface area contributed by atoms with Crippen LogP contribution >= 0.6 is 11.8 Å². The lowest BCUT2D eigenvalue weighted by Crippen LogP contribution is -2.24. The maximum atomic E-state index is 11.6. The first-order valence-electron chi connectivity index (χ1n) is 6.08. The molecule has 7 heteroatoms. The fraction of sp³-hybridized carbons (Fsp3) is 0.462. The Labute approximate surface area is 120 Å². The van der Waals surface area contributed by atoms with E-state index in [9.17, 15) is 4.79 Å². The van der Waals surface area contributed by atoms with Crippen LogP contribution in [0.5, 0.6) is 0 Å². The third-order valence-corrected chi connectivity index (χ3v) is 3.02. The molecule has 0 spiro atoms. The Hall–Kier alpha value is -1.76. The highest BCUT2D eigenvalue weighted by Gasteiger charge is 2.18. The highest BCUT2D eigenvalue weighted by molar-refractivity contribution is 7.99. The van der Waals surface area contributed by atoms with Gasteiger partial charge in [-0.1, -0.05) is 11.8 Å². The zero-order valence-corrected chi connectivity index (χ0v) is 12.6. The Morgan fingerprint density at radius 1 is 1.40 bits per heavy atom. The number of nitrogens with zero attached hydrogens (tertiary/aromatic N) is 2. The lowest BCUT2D eigenvalue weighted by molar-refractivity contribution is -0.151. The molecule has 0 aromatic carbocycles. The highest BCUT2D eigenvalue weighted by Crippen LogP contribution is 2.26. The van der Waals surface area contributed by atoms with Crippen molar-refractivity contribution in [2.24, 2.45) is 0 Å². The summed E-state index contributed by atoms with van der Waals surface area (Å²) in [6, 6.07) is 1.76. The SMILES string of the molecule is Cc1occc1-c1nnc(SCC(=O)OC(C)(C)C)o1. The van der Waals surface area contributed by atoms with Crippen LogP contribution in [0, 0.1) is 6.92 Å². The van der Waals surface area contributed by atoms with Gasteiger partial charge in [0.15, 0.2) is 0 Å². The summed E-state index contributed by atoms with van der Waals surface area (Å²) in [5, 5.41) is 8.13. The van der Waals surface area contributed by atoms with E-state index in [0.717, 1.165) is 17.3 Å². The number of rotatable bonds is 4. The maximum Gasteiger partial charge on any atom is 0.316 e. The van der Waals surface area contributed by atoms with Crippen molar-refractivity contribution in [3.05, 3.63) is 18.1 Å². The van der Waals surface area contributed by atoms with Gasteiger partial charge < -0.3 is 13.6 Å². The molecule has 2 heterocycles. The average Bonchev–Trinajstić information content (AvgIpc) is 2.92. The van der Waals surface area contributed by atoms with Crippen molar-refractivity contribution in [3.8, 4) is 11.5 Å². The second-order valence-corrected chi connectivity index (χ2v) is 6.07. The Morgan fingerprint density at radius 3 is 2.75 bits per heavy atom. The van der Waals surface area contributed by atoms with Gasteiger partial charge in [-0.25, -0.2) is 0 Å². The van der Waals surface area contributed by atoms with Crippen LogP contribution in [-0.4, -0.2) is 27.5 Å². The van der Waals surface area contributed by atoms with E-state index >= 15 is 0 Å². The number of esters is 1. The van der Waals surface area contributed by atoms with E-state index in [0.29, 0.717) is 16.9 Å². The molecule has 0 saturated heterocycles. The number of carbonyl (C=O) groups excluding carboxylic acids is 1. The molecule has 0 amide bonds. The van der Waals surface area contributed by atoms with Gasteiger partial charge in [-0.3, -0.25) is 4.79 Å². The quantitative estimate of drug-likeness (QED) is 0.633. The first kappa shape index (κ1) is 14.6. The number of hydrogen-bond acceptors (Lipinski definition) is 7. The van der Waals surface area contributed by atoms with E-state index in [1.807, 2.05) is 27.7 Å². The van der Waals surface area contributed by atoms with Gasteiger partial charge in [0, 0.05) is 0 Å². The van der Waals surface area contributed by atoms with Crippen LogP contribution in [0.25, 0.3) is 11.5 Å². The van der Waals surface area contributed by atoms with Crippen molar-refractivity contribution in [3.63, 3.8) is 0 Å². The molecule has 0 aliphatic carbocycles. The molecule has 0 fully saturated rings. The zero-order valence-electron chi connectivity index (χ0n) is 11.8. The molecule has 2 aromatic rings. The van der Waals surface area contributed by atoms with Gasteiger partial charge in [-0.2, -0.15) is 0 Å². The van der Waals surface area contributed by atoms with Gasteiger partial charge in [0.1, 0.15) is 17.1 Å². The smallest absolute Gasteiger partial charge is 0.316 e. The molecular formula is C13H16N2O4S. The molecule has 0 atom stereocenters. The number of carbonyl (C=O) groups is 1. The maximum absolute atomic E-state index is 11.6. The lowest BCUT2D eigenvalue weighted by Gasteiger charge is -2.18. The van der Waals surface area contributed by atoms with Crippen molar-refractivity contribution >= 4 is 17.7 Å². The number of ether oxygens (including phenoxy) is 1. The van der Waals surface area contributed by atoms with Crippen molar-refractivity contribution in [1.82, 2.24) is 10.2 Å².